The van der Waals surface area contributed by atoms with Gasteiger partial charge in [0.05, 0.1) is 16.1 Å². The Morgan fingerprint density at radius 2 is 1.45 bits per heavy atom. The number of carboxylic acids is 1. The smallest absolute Gasteiger partial charge is 0.335 e. The number of hydrogen-bond donors (Lipinski definition) is 2. The average Bonchev–Trinajstić information content (AvgIpc) is 2.78. The SMILES string of the molecule is O=C(O)c1ccc(C#Cc2ccccc2NS(=O)(=O)c2ccc3ccccc3c2)cc1. The van der Waals surface area contributed by atoms with E-state index in [1.807, 2.05) is 24.3 Å². The van der Waals surface area contributed by atoms with Crippen LogP contribution < -0.4 is 4.72 Å². The van der Waals surface area contributed by atoms with Crippen LogP contribution in [0, 0.1) is 11.8 Å². The van der Waals surface area contributed by atoms with Crippen LogP contribution >= 0.6 is 0 Å². The molecule has 0 saturated carbocycles. The molecule has 0 fully saturated rings. The molecule has 0 atom stereocenters. The Morgan fingerprint density at radius 3 is 2.19 bits per heavy atom. The van der Waals surface area contributed by atoms with Gasteiger partial charge in [0.25, 0.3) is 10.0 Å². The largest absolute Gasteiger partial charge is 0.478 e. The van der Waals surface area contributed by atoms with Crippen LogP contribution in [0.5, 0.6) is 0 Å². The number of aromatic carboxylic acids is 1. The highest BCUT2D eigenvalue weighted by molar-refractivity contribution is 7.92. The summed E-state index contributed by atoms with van der Waals surface area (Å²) in [5, 5.41) is 10.8. The first-order valence-electron chi connectivity index (χ1n) is 9.38. The zero-order valence-corrected chi connectivity index (χ0v) is 17.1. The highest BCUT2D eigenvalue weighted by Crippen LogP contribution is 2.23. The molecule has 5 nitrogen and oxygen atoms in total. The van der Waals surface area contributed by atoms with E-state index in [-0.39, 0.29) is 10.5 Å². The molecule has 0 aliphatic heterocycles. The molecular weight excluding hydrogens is 410 g/mol. The molecule has 6 heteroatoms. The number of nitrogens with one attached hydrogen (secondary N) is 1. The van der Waals surface area contributed by atoms with Crippen molar-refractivity contribution < 1.29 is 18.3 Å². The number of fused-ring (bicyclic) bond motifs is 1. The normalized spacial score (nSPS) is 10.8. The van der Waals surface area contributed by atoms with Crippen LogP contribution in [-0.2, 0) is 10.0 Å². The van der Waals surface area contributed by atoms with E-state index < -0.39 is 16.0 Å². The van der Waals surface area contributed by atoms with Crippen molar-refractivity contribution in [3.8, 4) is 11.8 Å². The Labute approximate surface area is 180 Å². The Kier molecular flexibility index (Phi) is 5.44. The highest BCUT2D eigenvalue weighted by atomic mass is 32.2. The van der Waals surface area contributed by atoms with Crippen molar-refractivity contribution in [3.05, 3.63) is 108 Å². The van der Waals surface area contributed by atoms with Crippen molar-refractivity contribution in [2.45, 2.75) is 4.90 Å². The van der Waals surface area contributed by atoms with E-state index in [4.69, 9.17) is 5.11 Å². The summed E-state index contributed by atoms with van der Waals surface area (Å²) in [5.41, 5.74) is 1.67. The minimum atomic E-state index is -3.81. The van der Waals surface area contributed by atoms with Gasteiger partial charge in [-0.1, -0.05) is 54.3 Å². The molecule has 31 heavy (non-hydrogen) atoms. The number of carbonyl (C=O) groups is 1. The van der Waals surface area contributed by atoms with Gasteiger partial charge in [0, 0.05) is 11.1 Å². The molecule has 0 bridgehead atoms. The van der Waals surface area contributed by atoms with Crippen molar-refractivity contribution in [1.29, 1.82) is 0 Å². The monoisotopic (exact) mass is 427 g/mol. The minimum Gasteiger partial charge on any atom is -0.478 e. The van der Waals surface area contributed by atoms with Gasteiger partial charge in [-0.2, -0.15) is 0 Å². The summed E-state index contributed by atoms with van der Waals surface area (Å²) in [7, 11) is -3.81. The lowest BCUT2D eigenvalue weighted by Gasteiger charge is -2.10. The topological polar surface area (TPSA) is 83.5 Å². The van der Waals surface area contributed by atoms with Crippen LogP contribution in [0.25, 0.3) is 10.8 Å². The lowest BCUT2D eigenvalue weighted by atomic mass is 10.1. The third-order valence-corrected chi connectivity index (χ3v) is 6.04. The number of hydrogen-bond acceptors (Lipinski definition) is 3. The first kappa shape index (κ1) is 20.2. The van der Waals surface area contributed by atoms with Gasteiger partial charge in [-0.25, -0.2) is 13.2 Å². The van der Waals surface area contributed by atoms with E-state index in [9.17, 15) is 13.2 Å². The summed E-state index contributed by atoms with van der Waals surface area (Å²) in [6, 6.07) is 25.6. The van der Waals surface area contributed by atoms with Crippen molar-refractivity contribution in [2.75, 3.05) is 4.72 Å². The van der Waals surface area contributed by atoms with Crippen LogP contribution in [0.3, 0.4) is 0 Å². The van der Waals surface area contributed by atoms with Crippen molar-refractivity contribution in [3.63, 3.8) is 0 Å². The Hall–Kier alpha value is -4.08. The molecule has 0 amide bonds. The van der Waals surface area contributed by atoms with E-state index in [1.165, 1.54) is 12.1 Å². The molecule has 2 N–H and O–H groups in total. The van der Waals surface area contributed by atoms with Crippen molar-refractivity contribution in [2.24, 2.45) is 0 Å². The second-order valence-electron chi connectivity index (χ2n) is 6.79. The van der Waals surface area contributed by atoms with Gasteiger partial charge in [-0.3, -0.25) is 4.72 Å². The van der Waals surface area contributed by atoms with Crippen LogP contribution in [0.2, 0.25) is 0 Å². The third-order valence-electron chi connectivity index (χ3n) is 4.68. The molecule has 0 aromatic heterocycles. The Balaban J connectivity index is 1.63. The fraction of sp³-hybridized carbons (Fsp3) is 0. The van der Waals surface area contributed by atoms with Gasteiger partial charge in [-0.05, 0) is 59.3 Å². The Morgan fingerprint density at radius 1 is 0.774 bits per heavy atom. The predicted molar refractivity (Wildman–Crippen MR) is 121 cm³/mol. The van der Waals surface area contributed by atoms with Crippen molar-refractivity contribution in [1.82, 2.24) is 0 Å². The number of rotatable bonds is 4. The maximum atomic E-state index is 13.0. The molecule has 4 aromatic carbocycles. The van der Waals surface area contributed by atoms with Gasteiger partial charge in [0.1, 0.15) is 0 Å². The fourth-order valence-electron chi connectivity index (χ4n) is 3.06. The Bertz CT molecular complexity index is 1450. The van der Waals surface area contributed by atoms with Gasteiger partial charge >= 0.3 is 5.97 Å². The minimum absolute atomic E-state index is 0.165. The lowest BCUT2D eigenvalue weighted by molar-refractivity contribution is 0.0697. The molecule has 4 rings (SSSR count). The molecule has 0 unspecified atom stereocenters. The zero-order chi connectivity index (χ0) is 21.8. The van der Waals surface area contributed by atoms with Crippen molar-refractivity contribution >= 4 is 32.5 Å². The molecular formula is C25H17NO4S. The molecule has 0 heterocycles. The molecule has 4 aromatic rings. The standard InChI is InChI=1S/C25H17NO4S/c27-25(28)21-13-10-18(11-14-21)9-12-20-6-3-4-8-24(20)26-31(29,30)23-16-15-19-5-1-2-7-22(19)17-23/h1-8,10-11,13-17,26H,(H,27,28). The molecule has 0 saturated heterocycles. The van der Waals surface area contributed by atoms with E-state index in [0.717, 1.165) is 10.8 Å². The van der Waals surface area contributed by atoms with Gasteiger partial charge in [-0.15, -0.1) is 0 Å². The third kappa shape index (κ3) is 4.58. The molecule has 0 aliphatic rings. The average molecular weight is 427 g/mol. The summed E-state index contributed by atoms with van der Waals surface area (Å²) >= 11 is 0. The second-order valence-corrected chi connectivity index (χ2v) is 8.47. The van der Waals surface area contributed by atoms with Crippen LogP contribution in [0.4, 0.5) is 5.69 Å². The molecule has 152 valence electrons. The first-order valence-corrected chi connectivity index (χ1v) is 10.9. The number of para-hydroxylation sites is 1. The first-order chi connectivity index (χ1) is 14.9. The highest BCUT2D eigenvalue weighted by Gasteiger charge is 2.16. The molecule has 0 spiro atoms. The summed E-state index contributed by atoms with van der Waals surface area (Å²) in [5.74, 6) is 4.89. The predicted octanol–water partition coefficient (Wildman–Crippen LogP) is 4.74. The van der Waals surface area contributed by atoms with Crippen LogP contribution in [0.1, 0.15) is 21.5 Å². The summed E-state index contributed by atoms with van der Waals surface area (Å²) in [6.07, 6.45) is 0. The number of sulfonamides is 1. The second kappa shape index (κ2) is 8.34. The van der Waals surface area contributed by atoms with Crippen LogP contribution in [0.15, 0.2) is 95.9 Å². The summed E-state index contributed by atoms with van der Waals surface area (Å²) in [6.45, 7) is 0. The number of anilines is 1. The summed E-state index contributed by atoms with van der Waals surface area (Å²) < 4.78 is 28.5. The lowest BCUT2D eigenvalue weighted by Crippen LogP contribution is -2.13. The number of benzene rings is 4. The van der Waals surface area contributed by atoms with Gasteiger partial charge in [0.15, 0.2) is 0 Å². The summed E-state index contributed by atoms with van der Waals surface area (Å²) in [4.78, 5) is 11.1. The van der Waals surface area contributed by atoms with Crippen LogP contribution in [-0.4, -0.2) is 19.5 Å². The maximum absolute atomic E-state index is 13.0. The van der Waals surface area contributed by atoms with E-state index >= 15 is 0 Å². The van der Waals surface area contributed by atoms with Gasteiger partial charge < -0.3 is 5.11 Å². The number of carboxylic acid groups (broad SMARTS) is 1. The quantitative estimate of drug-likeness (QED) is 0.461. The van der Waals surface area contributed by atoms with E-state index in [1.54, 1.807) is 54.6 Å². The fourth-order valence-corrected chi connectivity index (χ4v) is 4.17. The zero-order valence-electron chi connectivity index (χ0n) is 16.2. The maximum Gasteiger partial charge on any atom is 0.335 e. The molecule has 0 radical (unpaired) electrons. The van der Waals surface area contributed by atoms with E-state index in [2.05, 4.69) is 16.6 Å². The van der Waals surface area contributed by atoms with Gasteiger partial charge in [0.2, 0.25) is 0 Å². The molecule has 0 aliphatic carbocycles. The van der Waals surface area contributed by atoms with E-state index in [0.29, 0.717) is 16.8 Å².